The van der Waals surface area contributed by atoms with Crippen LogP contribution in [0, 0.1) is 0 Å². The minimum atomic E-state index is -1.42. The molecular weight excluding hydrogens is 665 g/mol. The van der Waals surface area contributed by atoms with E-state index in [1.807, 2.05) is 12.1 Å². The van der Waals surface area contributed by atoms with Gasteiger partial charge in [0.15, 0.2) is 0 Å². The average molecular weight is 703 g/mol. The van der Waals surface area contributed by atoms with E-state index in [0.717, 1.165) is 87.6 Å². The van der Waals surface area contributed by atoms with Crippen molar-refractivity contribution < 1.29 is 14.3 Å². The summed E-state index contributed by atoms with van der Waals surface area (Å²) in [7, 11) is 1.40. The lowest BCUT2D eigenvalue weighted by Gasteiger charge is -2.36. The molecule has 0 atom stereocenters. The van der Waals surface area contributed by atoms with Crippen molar-refractivity contribution in [3.8, 4) is 22.3 Å². The molecule has 0 aliphatic heterocycles. The number of rotatable bonds is 3. The fourth-order valence-electron chi connectivity index (χ4n) is 9.47. The predicted molar refractivity (Wildman–Crippen MR) is 218 cm³/mol. The normalized spacial score (nSPS) is 15.4. The molecule has 2 aliphatic rings. The summed E-state index contributed by atoms with van der Waals surface area (Å²) in [5, 5.41) is 12.3. The smallest absolute Gasteiger partial charge is 0.332 e. The van der Waals surface area contributed by atoms with Gasteiger partial charge in [0.2, 0.25) is 5.91 Å². The molecule has 10 rings (SSSR count). The summed E-state index contributed by atoms with van der Waals surface area (Å²) >= 11 is 0. The summed E-state index contributed by atoms with van der Waals surface area (Å²) in [5.41, 5.74) is 13.0. The molecule has 0 radical (unpaired) electrons. The van der Waals surface area contributed by atoms with Crippen molar-refractivity contribution in [3.63, 3.8) is 0 Å². The lowest BCUT2D eigenvalue weighted by molar-refractivity contribution is -0.151. The molecule has 0 unspecified atom stereocenters. The van der Waals surface area contributed by atoms with E-state index >= 15 is 4.79 Å². The van der Waals surface area contributed by atoms with Crippen LogP contribution >= 0.6 is 0 Å². The van der Waals surface area contributed by atoms with E-state index in [2.05, 4.69) is 139 Å². The summed E-state index contributed by atoms with van der Waals surface area (Å²) in [6, 6.07) is 50.4. The van der Waals surface area contributed by atoms with E-state index in [4.69, 9.17) is 10.5 Å². The lowest BCUT2D eigenvalue weighted by Crippen LogP contribution is -2.66. The van der Waals surface area contributed by atoms with Crippen molar-refractivity contribution in [2.24, 2.45) is 5.73 Å². The van der Waals surface area contributed by atoms with Gasteiger partial charge in [0.05, 0.1) is 7.11 Å². The standard InChI is InChI=1S/C49H38N2O3/c1-54-47(53)49(28-36-24-20-32-12-4-8-16-40(32)44(36)45-37(29-49)25-21-33-13-5-9-17-41(33)45)51-46(52)48(50)26-34-22-18-30-10-2-6-14-38(30)42(34)43-35(27-48)23-19-31-11-3-7-15-39(31)43/h2-25H,26-29,50H2,1H3,(H,51,52). The second-order valence-electron chi connectivity index (χ2n) is 15.2. The van der Waals surface area contributed by atoms with E-state index in [-0.39, 0.29) is 18.7 Å². The lowest BCUT2D eigenvalue weighted by atomic mass is 9.82. The van der Waals surface area contributed by atoms with Crippen LogP contribution in [0.4, 0.5) is 0 Å². The SMILES string of the molecule is COC(=O)C1(NC(=O)C2(N)Cc3ccc4ccccc4c3-c3c(ccc4ccccc34)C2)Cc2ccc3ccccc3c2-c2c(ccc3ccccc23)C1. The Morgan fingerprint density at radius 2 is 0.796 bits per heavy atom. The van der Waals surface area contributed by atoms with E-state index in [0.29, 0.717) is 12.8 Å². The van der Waals surface area contributed by atoms with Gasteiger partial charge in [-0.3, -0.25) is 4.79 Å². The zero-order chi connectivity index (χ0) is 36.6. The highest BCUT2D eigenvalue weighted by molar-refractivity contribution is 6.11. The molecule has 0 heterocycles. The largest absolute Gasteiger partial charge is 0.467 e. The first-order valence-electron chi connectivity index (χ1n) is 18.6. The maximum absolute atomic E-state index is 15.2. The predicted octanol–water partition coefficient (Wildman–Crippen LogP) is 9.26. The van der Waals surface area contributed by atoms with Gasteiger partial charge in [-0.2, -0.15) is 0 Å². The Bertz CT molecular complexity index is 2700. The maximum Gasteiger partial charge on any atom is 0.332 e. The minimum absolute atomic E-state index is 0.243. The van der Waals surface area contributed by atoms with Gasteiger partial charge >= 0.3 is 5.97 Å². The fourth-order valence-corrected chi connectivity index (χ4v) is 9.47. The Hall–Kier alpha value is -6.30. The van der Waals surface area contributed by atoms with Crippen LogP contribution in [0.25, 0.3) is 65.3 Å². The molecule has 5 nitrogen and oxygen atoms in total. The van der Waals surface area contributed by atoms with Gasteiger partial charge in [-0.25, -0.2) is 4.79 Å². The van der Waals surface area contributed by atoms with E-state index in [1.54, 1.807) is 0 Å². The summed E-state index contributed by atoms with van der Waals surface area (Å²) < 4.78 is 5.61. The zero-order valence-electron chi connectivity index (χ0n) is 30.0. The number of methoxy groups -OCH3 is 1. The molecule has 8 aromatic carbocycles. The molecule has 3 N–H and O–H groups in total. The van der Waals surface area contributed by atoms with Crippen LogP contribution in [0.3, 0.4) is 0 Å². The van der Waals surface area contributed by atoms with Crippen LogP contribution in [0.2, 0.25) is 0 Å². The first kappa shape index (κ1) is 32.4. The van der Waals surface area contributed by atoms with Gasteiger partial charge < -0.3 is 15.8 Å². The molecule has 0 saturated carbocycles. The van der Waals surface area contributed by atoms with Crippen LogP contribution in [0.5, 0.6) is 0 Å². The number of hydrogen-bond acceptors (Lipinski definition) is 4. The number of nitrogens with one attached hydrogen (secondary N) is 1. The second-order valence-corrected chi connectivity index (χ2v) is 15.2. The van der Waals surface area contributed by atoms with Crippen LogP contribution < -0.4 is 11.1 Å². The highest BCUT2D eigenvalue weighted by Gasteiger charge is 2.49. The number of fused-ring (bicyclic) bond motifs is 14. The van der Waals surface area contributed by atoms with Gasteiger partial charge in [0.25, 0.3) is 0 Å². The molecule has 2 aliphatic carbocycles. The Morgan fingerprint density at radius 1 is 0.481 bits per heavy atom. The molecule has 0 fully saturated rings. The number of nitrogens with two attached hydrogens (primary N) is 1. The van der Waals surface area contributed by atoms with Gasteiger partial charge in [-0.1, -0.05) is 146 Å². The summed E-state index contributed by atoms with van der Waals surface area (Å²) in [4.78, 5) is 29.6. The molecule has 262 valence electrons. The number of amides is 1. The van der Waals surface area contributed by atoms with Gasteiger partial charge in [0.1, 0.15) is 11.1 Å². The minimum Gasteiger partial charge on any atom is -0.467 e. The third kappa shape index (κ3) is 4.89. The number of hydrogen-bond donors (Lipinski definition) is 2. The Kier molecular flexibility index (Phi) is 7.26. The number of carbonyl (C=O) groups excluding carboxylic acids is 2. The average Bonchev–Trinajstić information content (AvgIpc) is 3.45. The Labute approximate surface area is 313 Å². The number of benzene rings is 8. The number of carbonyl (C=O) groups is 2. The molecule has 54 heavy (non-hydrogen) atoms. The quantitative estimate of drug-likeness (QED) is 0.180. The van der Waals surface area contributed by atoms with Crippen molar-refractivity contribution in [2.75, 3.05) is 7.11 Å². The zero-order valence-corrected chi connectivity index (χ0v) is 30.0. The number of esters is 1. The third-order valence-corrected chi connectivity index (χ3v) is 11.9. The highest BCUT2D eigenvalue weighted by atomic mass is 16.5. The van der Waals surface area contributed by atoms with Crippen molar-refractivity contribution in [1.82, 2.24) is 5.32 Å². The summed E-state index contributed by atoms with van der Waals surface area (Å²) in [6.45, 7) is 0. The molecule has 5 heteroatoms. The molecule has 1 amide bonds. The topological polar surface area (TPSA) is 81.4 Å². The van der Waals surface area contributed by atoms with E-state index < -0.39 is 17.0 Å². The first-order valence-corrected chi connectivity index (χ1v) is 18.6. The van der Waals surface area contributed by atoms with Crippen molar-refractivity contribution in [1.29, 1.82) is 0 Å². The summed E-state index contributed by atoms with van der Waals surface area (Å²) in [5.74, 6) is -0.870. The second kappa shape index (κ2) is 12.1. The van der Waals surface area contributed by atoms with Crippen molar-refractivity contribution in [3.05, 3.63) is 168 Å². The maximum atomic E-state index is 15.2. The molecule has 0 spiro atoms. The van der Waals surface area contributed by atoms with Gasteiger partial charge in [0, 0.05) is 25.7 Å². The Morgan fingerprint density at radius 3 is 1.13 bits per heavy atom. The van der Waals surface area contributed by atoms with Crippen LogP contribution in [0.1, 0.15) is 22.3 Å². The van der Waals surface area contributed by atoms with Crippen molar-refractivity contribution in [2.45, 2.75) is 36.8 Å². The van der Waals surface area contributed by atoms with Gasteiger partial charge in [-0.05, 0) is 87.6 Å². The highest BCUT2D eigenvalue weighted by Crippen LogP contribution is 2.46. The van der Waals surface area contributed by atoms with Crippen molar-refractivity contribution >= 4 is 55.0 Å². The van der Waals surface area contributed by atoms with E-state index in [9.17, 15) is 4.79 Å². The van der Waals surface area contributed by atoms with Crippen LogP contribution in [-0.2, 0) is 40.0 Å². The molecule has 0 saturated heterocycles. The molecular formula is C49H38N2O3. The number of ether oxygens (including phenoxy) is 1. The van der Waals surface area contributed by atoms with Crippen LogP contribution in [-0.4, -0.2) is 30.1 Å². The fraction of sp³-hybridized carbons (Fsp3) is 0.143. The molecule has 8 aromatic rings. The van der Waals surface area contributed by atoms with E-state index in [1.165, 1.54) is 7.11 Å². The first-order chi connectivity index (χ1) is 26.4. The molecule has 0 aromatic heterocycles. The third-order valence-electron chi connectivity index (χ3n) is 11.9. The van der Waals surface area contributed by atoms with Crippen LogP contribution in [0.15, 0.2) is 146 Å². The monoisotopic (exact) mass is 702 g/mol. The molecule has 0 bridgehead atoms. The Balaban J connectivity index is 1.15. The van der Waals surface area contributed by atoms with Gasteiger partial charge in [-0.15, -0.1) is 0 Å². The summed E-state index contributed by atoms with van der Waals surface area (Å²) in [6.07, 6.45) is 1.07.